The first-order valence-corrected chi connectivity index (χ1v) is 11.2. The lowest BCUT2D eigenvalue weighted by atomic mass is 10.0. The Morgan fingerprint density at radius 2 is 2.00 bits per heavy atom. The van der Waals surface area contributed by atoms with E-state index in [1.807, 2.05) is 0 Å². The minimum absolute atomic E-state index is 0.0626. The van der Waals surface area contributed by atoms with Crippen molar-refractivity contribution in [1.29, 1.82) is 0 Å². The van der Waals surface area contributed by atoms with Gasteiger partial charge >= 0.3 is 0 Å². The van der Waals surface area contributed by atoms with Gasteiger partial charge in [0.05, 0.1) is 12.2 Å². The Kier molecular flexibility index (Phi) is 11.0. The highest BCUT2D eigenvalue weighted by Crippen LogP contribution is 2.31. The van der Waals surface area contributed by atoms with Crippen molar-refractivity contribution >= 4 is 0 Å². The van der Waals surface area contributed by atoms with Gasteiger partial charge in [-0.05, 0) is 45.4 Å². The monoisotopic (exact) mass is 376 g/mol. The van der Waals surface area contributed by atoms with Crippen LogP contribution in [0.15, 0.2) is 36.0 Å². The molecule has 2 aliphatic rings. The lowest BCUT2D eigenvalue weighted by Crippen LogP contribution is -2.26. The highest BCUT2D eigenvalue weighted by molar-refractivity contribution is 5.22. The van der Waals surface area contributed by atoms with Crippen LogP contribution in [0.5, 0.6) is 0 Å². The van der Waals surface area contributed by atoms with Crippen LogP contribution in [-0.2, 0) is 9.47 Å². The number of rotatable bonds is 11. The molecule has 0 aromatic carbocycles. The van der Waals surface area contributed by atoms with E-state index in [-0.39, 0.29) is 24.4 Å². The summed E-state index contributed by atoms with van der Waals surface area (Å²) in [6.45, 7) is 5.18. The van der Waals surface area contributed by atoms with E-state index < -0.39 is 0 Å². The van der Waals surface area contributed by atoms with Gasteiger partial charge in [-0.3, -0.25) is 0 Å². The molecular weight excluding hydrogens is 336 g/mol. The Bertz CT molecular complexity index is 474. The summed E-state index contributed by atoms with van der Waals surface area (Å²) in [5, 5.41) is 10.3. The molecule has 0 radical (unpaired) electrons. The Labute approximate surface area is 166 Å². The van der Waals surface area contributed by atoms with Crippen LogP contribution in [0.25, 0.3) is 0 Å². The van der Waals surface area contributed by atoms with Crippen LogP contribution < -0.4 is 0 Å². The maximum atomic E-state index is 10.3. The van der Waals surface area contributed by atoms with Gasteiger partial charge in [0.25, 0.3) is 0 Å². The summed E-state index contributed by atoms with van der Waals surface area (Å²) < 4.78 is 11.7. The van der Waals surface area contributed by atoms with Crippen LogP contribution in [-0.4, -0.2) is 30.2 Å². The summed E-state index contributed by atoms with van der Waals surface area (Å²) in [5.41, 5.74) is 1.23. The predicted octanol–water partition coefficient (Wildman–Crippen LogP) is 6.09. The van der Waals surface area contributed by atoms with Crippen molar-refractivity contribution in [1.82, 2.24) is 0 Å². The zero-order valence-electron chi connectivity index (χ0n) is 17.4. The molecule has 154 valence electrons. The highest BCUT2D eigenvalue weighted by Gasteiger charge is 2.33. The van der Waals surface area contributed by atoms with Crippen molar-refractivity contribution in [2.45, 2.75) is 103 Å². The summed E-state index contributed by atoms with van der Waals surface area (Å²) >= 11 is 0. The van der Waals surface area contributed by atoms with Crippen molar-refractivity contribution in [2.24, 2.45) is 5.92 Å². The van der Waals surface area contributed by atoms with E-state index in [4.69, 9.17) is 9.47 Å². The largest absolute Gasteiger partial charge is 0.392 e. The molecule has 3 nitrogen and oxygen atoms in total. The van der Waals surface area contributed by atoms with Gasteiger partial charge in [-0.25, -0.2) is 0 Å². The van der Waals surface area contributed by atoms with E-state index in [2.05, 4.69) is 44.2 Å². The summed E-state index contributed by atoms with van der Waals surface area (Å²) in [6, 6.07) is 0. The van der Waals surface area contributed by atoms with E-state index in [0.717, 1.165) is 32.3 Å². The number of ether oxygens (including phenoxy) is 2. The Morgan fingerprint density at radius 1 is 1.15 bits per heavy atom. The standard InChI is InChI=1S/C24H40O3/c1-3-4-5-6-7-8-9-10-13-20(2)15-16-21-18-22(19-23(21)25)27-24-14-11-12-17-26-24/h9-10,13,15-16,21-25H,3-8,11-12,14,17-19H2,1-2H3/b10-9+,16-15+,20-13+/t21-,22+,23-,24?/m0/s1. The Morgan fingerprint density at radius 3 is 2.78 bits per heavy atom. The average molecular weight is 377 g/mol. The second-order valence-electron chi connectivity index (χ2n) is 8.16. The van der Waals surface area contributed by atoms with Gasteiger partial charge < -0.3 is 14.6 Å². The van der Waals surface area contributed by atoms with E-state index in [9.17, 15) is 5.11 Å². The summed E-state index contributed by atoms with van der Waals surface area (Å²) in [6.07, 6.45) is 23.4. The minimum atomic E-state index is -0.304. The number of aliphatic hydroxyl groups is 1. The van der Waals surface area contributed by atoms with Crippen LogP contribution in [0.1, 0.15) is 84.5 Å². The molecule has 0 amide bonds. The molecule has 0 aromatic heterocycles. The Balaban J connectivity index is 1.66. The summed E-state index contributed by atoms with van der Waals surface area (Å²) in [5.74, 6) is 0.185. The third kappa shape index (κ3) is 9.23. The molecule has 1 heterocycles. The zero-order valence-corrected chi connectivity index (χ0v) is 17.4. The predicted molar refractivity (Wildman–Crippen MR) is 113 cm³/mol. The van der Waals surface area contributed by atoms with Crippen LogP contribution >= 0.6 is 0 Å². The number of allylic oxidation sites excluding steroid dienone is 5. The number of hydrogen-bond donors (Lipinski definition) is 1. The molecular formula is C24H40O3. The number of unbranched alkanes of at least 4 members (excludes halogenated alkanes) is 5. The van der Waals surface area contributed by atoms with Gasteiger partial charge in [-0.1, -0.05) is 68.6 Å². The quantitative estimate of drug-likeness (QED) is 0.350. The summed E-state index contributed by atoms with van der Waals surface area (Å²) in [7, 11) is 0. The summed E-state index contributed by atoms with van der Waals surface area (Å²) in [4.78, 5) is 0. The molecule has 1 aliphatic heterocycles. The van der Waals surface area contributed by atoms with E-state index >= 15 is 0 Å². The molecule has 1 unspecified atom stereocenters. The molecule has 0 aromatic rings. The third-order valence-electron chi connectivity index (χ3n) is 5.59. The second kappa shape index (κ2) is 13.3. The Hall–Kier alpha value is -0.900. The van der Waals surface area contributed by atoms with E-state index in [0.29, 0.717) is 0 Å². The molecule has 3 heteroatoms. The van der Waals surface area contributed by atoms with Crippen LogP contribution in [0.3, 0.4) is 0 Å². The zero-order chi connectivity index (χ0) is 19.3. The molecule has 1 saturated heterocycles. The van der Waals surface area contributed by atoms with Crippen molar-refractivity contribution in [3.8, 4) is 0 Å². The fourth-order valence-electron chi connectivity index (χ4n) is 3.86. The van der Waals surface area contributed by atoms with Gasteiger partial charge in [0.15, 0.2) is 6.29 Å². The van der Waals surface area contributed by atoms with Crippen molar-refractivity contribution in [3.05, 3.63) is 36.0 Å². The molecule has 2 rings (SSSR count). The van der Waals surface area contributed by atoms with Crippen LogP contribution in [0.2, 0.25) is 0 Å². The van der Waals surface area contributed by atoms with E-state index in [1.165, 1.54) is 50.5 Å². The van der Waals surface area contributed by atoms with Gasteiger partial charge in [0.2, 0.25) is 0 Å². The van der Waals surface area contributed by atoms with Crippen LogP contribution in [0, 0.1) is 5.92 Å². The van der Waals surface area contributed by atoms with Gasteiger partial charge in [0, 0.05) is 18.9 Å². The number of aliphatic hydroxyl groups excluding tert-OH is 1. The SMILES string of the molecule is CCCCCCC/C=C/C=C(C)/C=C/[C@H]1C[C@@H](OC2CCCCO2)C[C@@H]1O. The van der Waals surface area contributed by atoms with Gasteiger partial charge in [0.1, 0.15) is 0 Å². The lowest BCUT2D eigenvalue weighted by molar-refractivity contribution is -0.187. The topological polar surface area (TPSA) is 38.7 Å². The maximum absolute atomic E-state index is 10.3. The van der Waals surface area contributed by atoms with E-state index in [1.54, 1.807) is 0 Å². The van der Waals surface area contributed by atoms with Crippen LogP contribution in [0.4, 0.5) is 0 Å². The average Bonchev–Trinajstić information content (AvgIpc) is 3.02. The first kappa shape index (κ1) is 22.4. The lowest BCUT2D eigenvalue weighted by Gasteiger charge is -2.25. The fourth-order valence-corrected chi connectivity index (χ4v) is 3.86. The molecule has 1 saturated carbocycles. The smallest absolute Gasteiger partial charge is 0.157 e. The molecule has 27 heavy (non-hydrogen) atoms. The van der Waals surface area contributed by atoms with Gasteiger partial charge in [-0.2, -0.15) is 0 Å². The molecule has 0 spiro atoms. The fraction of sp³-hybridized carbons (Fsp3) is 0.750. The normalized spacial score (nSPS) is 30.0. The first-order valence-electron chi connectivity index (χ1n) is 11.2. The maximum Gasteiger partial charge on any atom is 0.157 e. The van der Waals surface area contributed by atoms with Crippen molar-refractivity contribution in [3.63, 3.8) is 0 Å². The minimum Gasteiger partial charge on any atom is -0.392 e. The first-order chi connectivity index (χ1) is 13.2. The third-order valence-corrected chi connectivity index (χ3v) is 5.59. The second-order valence-corrected chi connectivity index (χ2v) is 8.16. The van der Waals surface area contributed by atoms with Crippen molar-refractivity contribution < 1.29 is 14.6 Å². The molecule has 1 aliphatic carbocycles. The van der Waals surface area contributed by atoms with Crippen molar-refractivity contribution in [2.75, 3.05) is 6.61 Å². The molecule has 0 bridgehead atoms. The van der Waals surface area contributed by atoms with Gasteiger partial charge in [-0.15, -0.1) is 0 Å². The number of hydrogen-bond acceptors (Lipinski definition) is 3. The molecule has 1 N–H and O–H groups in total. The highest BCUT2D eigenvalue weighted by atomic mass is 16.7. The molecule has 2 fully saturated rings. The molecule has 4 atom stereocenters.